The van der Waals surface area contributed by atoms with Crippen LogP contribution in [0.3, 0.4) is 0 Å². The lowest BCUT2D eigenvalue weighted by Gasteiger charge is -2.20. The van der Waals surface area contributed by atoms with Crippen molar-refractivity contribution in [2.24, 2.45) is 10.5 Å². The number of nitrogens with zero attached hydrogens (tertiary/aromatic N) is 4. The minimum Gasteiger partial charge on any atom is -0.486 e. The lowest BCUT2D eigenvalue weighted by Crippen LogP contribution is -2.24. The van der Waals surface area contributed by atoms with E-state index in [1.165, 1.54) is 17.0 Å². The Morgan fingerprint density at radius 1 is 1.24 bits per heavy atom. The van der Waals surface area contributed by atoms with E-state index in [4.69, 9.17) is 9.72 Å². The van der Waals surface area contributed by atoms with Gasteiger partial charge in [-0.1, -0.05) is 66.5 Å². The summed E-state index contributed by atoms with van der Waals surface area (Å²) >= 11 is 6.73. The molecule has 34 heavy (non-hydrogen) atoms. The van der Waals surface area contributed by atoms with Crippen molar-refractivity contribution in [3.8, 4) is 5.75 Å². The lowest BCUT2D eigenvalue weighted by molar-refractivity contribution is -0.386. The number of aromatic nitrogens is 2. The minimum absolute atomic E-state index is 0.0358. The summed E-state index contributed by atoms with van der Waals surface area (Å²) in [5.74, 6) is 0.577. The number of halogens is 2. The van der Waals surface area contributed by atoms with Gasteiger partial charge in [-0.05, 0) is 36.1 Å². The number of fused-ring (bicyclic) bond motifs is 1. The third-order valence-electron chi connectivity index (χ3n) is 5.11. The van der Waals surface area contributed by atoms with Gasteiger partial charge >= 0.3 is 5.69 Å². The number of nitro benzene ring substituents is 1. The monoisotopic (exact) mass is 592 g/mol. The lowest BCUT2D eigenvalue weighted by atomic mass is 9.98. The fourth-order valence-electron chi connectivity index (χ4n) is 3.18. The number of hydrogen-bond donors (Lipinski definition) is 0. The first-order chi connectivity index (χ1) is 15.9. The zero-order valence-corrected chi connectivity index (χ0v) is 22.8. The summed E-state index contributed by atoms with van der Waals surface area (Å²) in [6, 6.07) is 8.40. The highest BCUT2D eigenvalue weighted by molar-refractivity contribution is 9.10. The van der Waals surface area contributed by atoms with Crippen molar-refractivity contribution in [3.05, 3.63) is 71.1 Å². The van der Waals surface area contributed by atoms with E-state index in [0.29, 0.717) is 26.8 Å². The molecule has 0 aliphatic rings. The van der Waals surface area contributed by atoms with Crippen LogP contribution in [0.15, 0.2) is 49.2 Å². The van der Waals surface area contributed by atoms with Gasteiger partial charge in [0.05, 0.1) is 28.6 Å². The standard InChI is InChI=1S/C24H26Br2N4O4/c1-6-14(2)22-28-19-8-7-16(25)10-18(19)23(31)29(22)27-12-15-9-17(26)11-20(30(32)33)21(15)34-13-24(3,4)5/h7-12,14H,6,13H2,1-5H3/t14-/m0/s1. The second-order valence-electron chi connectivity index (χ2n) is 9.25. The molecule has 10 heteroatoms. The van der Waals surface area contributed by atoms with E-state index < -0.39 is 4.92 Å². The van der Waals surface area contributed by atoms with Gasteiger partial charge in [-0.25, -0.2) is 4.98 Å². The minimum atomic E-state index is -0.494. The SMILES string of the molecule is CC[C@H](C)c1nc2ccc(Br)cc2c(=O)n1N=Cc1cc(Br)cc([N+](=O)[O-])c1OCC(C)(C)C. The molecule has 0 fully saturated rings. The zero-order valence-electron chi connectivity index (χ0n) is 19.6. The van der Waals surface area contributed by atoms with E-state index in [2.05, 4.69) is 37.0 Å². The normalized spacial score (nSPS) is 12.9. The van der Waals surface area contributed by atoms with Gasteiger partial charge in [0.25, 0.3) is 5.56 Å². The van der Waals surface area contributed by atoms with Crippen molar-refractivity contribution < 1.29 is 9.66 Å². The van der Waals surface area contributed by atoms with Crippen LogP contribution < -0.4 is 10.3 Å². The van der Waals surface area contributed by atoms with Crippen molar-refractivity contribution in [3.63, 3.8) is 0 Å². The predicted molar refractivity (Wildman–Crippen MR) is 141 cm³/mol. The molecule has 1 heterocycles. The van der Waals surface area contributed by atoms with Gasteiger partial charge in [-0.15, -0.1) is 0 Å². The maximum Gasteiger partial charge on any atom is 0.312 e. The summed E-state index contributed by atoms with van der Waals surface area (Å²) in [5.41, 5.74) is 0.240. The molecule has 1 aromatic heterocycles. The predicted octanol–water partition coefficient (Wildman–Crippen LogP) is 6.65. The van der Waals surface area contributed by atoms with Crippen molar-refractivity contribution in [2.45, 2.75) is 47.0 Å². The average Bonchev–Trinajstić information content (AvgIpc) is 2.76. The number of benzene rings is 2. The summed E-state index contributed by atoms with van der Waals surface area (Å²) in [6.45, 7) is 10.2. The third-order valence-corrected chi connectivity index (χ3v) is 6.06. The first-order valence-corrected chi connectivity index (χ1v) is 12.4. The molecular weight excluding hydrogens is 568 g/mol. The largest absolute Gasteiger partial charge is 0.486 e. The highest BCUT2D eigenvalue weighted by Gasteiger charge is 2.23. The Hall–Kier alpha value is -2.59. The van der Waals surface area contributed by atoms with Gasteiger partial charge in [-0.3, -0.25) is 14.9 Å². The molecule has 0 saturated carbocycles. The Kier molecular flexibility index (Phi) is 7.92. The fourth-order valence-corrected chi connectivity index (χ4v) is 4.00. The summed E-state index contributed by atoms with van der Waals surface area (Å²) < 4.78 is 8.41. The molecular formula is C24H26Br2N4O4. The van der Waals surface area contributed by atoms with E-state index in [-0.39, 0.29) is 34.9 Å². The van der Waals surface area contributed by atoms with Gasteiger partial charge in [-0.2, -0.15) is 9.78 Å². The summed E-state index contributed by atoms with van der Waals surface area (Å²) in [6.07, 6.45) is 2.17. The molecule has 0 radical (unpaired) electrons. The van der Waals surface area contributed by atoms with Crippen LogP contribution in [0, 0.1) is 15.5 Å². The van der Waals surface area contributed by atoms with Crippen molar-refractivity contribution in [2.75, 3.05) is 6.61 Å². The third kappa shape index (κ3) is 5.90. The van der Waals surface area contributed by atoms with Crippen LogP contribution in [-0.2, 0) is 0 Å². The van der Waals surface area contributed by atoms with Crippen molar-refractivity contribution >= 4 is 54.7 Å². The zero-order chi connectivity index (χ0) is 25.2. The molecule has 0 unspecified atom stereocenters. The Labute approximate surface area is 214 Å². The second-order valence-corrected chi connectivity index (χ2v) is 11.1. The van der Waals surface area contributed by atoms with Gasteiger partial charge in [0, 0.05) is 26.5 Å². The van der Waals surface area contributed by atoms with Crippen LogP contribution in [0.2, 0.25) is 0 Å². The highest BCUT2D eigenvalue weighted by atomic mass is 79.9. The van der Waals surface area contributed by atoms with E-state index >= 15 is 0 Å². The molecule has 2 aromatic carbocycles. The quantitative estimate of drug-likeness (QED) is 0.173. The molecule has 0 amide bonds. The van der Waals surface area contributed by atoms with Crippen LogP contribution in [0.4, 0.5) is 5.69 Å². The van der Waals surface area contributed by atoms with Crippen LogP contribution in [-0.4, -0.2) is 27.4 Å². The van der Waals surface area contributed by atoms with Crippen LogP contribution in [0.1, 0.15) is 58.3 Å². The number of ether oxygens (including phenoxy) is 1. The Morgan fingerprint density at radius 2 is 1.94 bits per heavy atom. The van der Waals surface area contributed by atoms with Gasteiger partial charge < -0.3 is 4.74 Å². The molecule has 0 saturated heterocycles. The molecule has 3 aromatic rings. The van der Waals surface area contributed by atoms with Crippen LogP contribution in [0.5, 0.6) is 5.75 Å². The smallest absolute Gasteiger partial charge is 0.312 e. The Balaban J connectivity index is 2.22. The fraction of sp³-hybridized carbons (Fsp3) is 0.375. The van der Waals surface area contributed by atoms with E-state index in [9.17, 15) is 14.9 Å². The molecule has 1 atom stereocenters. The molecule has 8 nitrogen and oxygen atoms in total. The molecule has 0 N–H and O–H groups in total. The molecule has 0 aliphatic carbocycles. The molecule has 180 valence electrons. The molecule has 0 bridgehead atoms. The molecule has 3 rings (SSSR count). The maximum absolute atomic E-state index is 13.4. The number of hydrogen-bond acceptors (Lipinski definition) is 6. The summed E-state index contributed by atoms with van der Waals surface area (Å²) in [4.78, 5) is 29.3. The van der Waals surface area contributed by atoms with E-state index in [1.54, 1.807) is 18.2 Å². The topological polar surface area (TPSA) is 99.6 Å². The summed E-state index contributed by atoms with van der Waals surface area (Å²) in [7, 11) is 0. The first kappa shape index (κ1) is 26.0. The van der Waals surface area contributed by atoms with E-state index in [1.807, 2.05) is 40.7 Å². The average molecular weight is 594 g/mol. The summed E-state index contributed by atoms with van der Waals surface area (Å²) in [5, 5.41) is 16.6. The molecule has 0 aliphatic heterocycles. The van der Waals surface area contributed by atoms with Crippen LogP contribution in [0.25, 0.3) is 10.9 Å². The maximum atomic E-state index is 13.4. The molecule has 0 spiro atoms. The second kappa shape index (κ2) is 10.4. The van der Waals surface area contributed by atoms with Gasteiger partial charge in [0.2, 0.25) is 5.75 Å². The van der Waals surface area contributed by atoms with Crippen molar-refractivity contribution in [1.29, 1.82) is 0 Å². The van der Waals surface area contributed by atoms with Gasteiger partial charge in [0.1, 0.15) is 5.82 Å². The van der Waals surface area contributed by atoms with Gasteiger partial charge in [0.15, 0.2) is 0 Å². The van der Waals surface area contributed by atoms with Crippen molar-refractivity contribution in [1.82, 2.24) is 9.66 Å². The van der Waals surface area contributed by atoms with Crippen LogP contribution >= 0.6 is 31.9 Å². The Morgan fingerprint density at radius 3 is 2.56 bits per heavy atom. The first-order valence-electron chi connectivity index (χ1n) is 10.8. The number of rotatable bonds is 7. The highest BCUT2D eigenvalue weighted by Crippen LogP contribution is 2.35. The van der Waals surface area contributed by atoms with E-state index in [0.717, 1.165) is 10.9 Å². The number of nitro groups is 1. The Bertz CT molecular complexity index is 1330.